The molecule has 0 atom stereocenters. The maximum absolute atomic E-state index is 12.1. The minimum Gasteiger partial charge on any atom is -0.496 e. The van der Waals surface area contributed by atoms with E-state index >= 15 is 0 Å². The first kappa shape index (κ1) is 16.2. The summed E-state index contributed by atoms with van der Waals surface area (Å²) >= 11 is 5.68. The summed E-state index contributed by atoms with van der Waals surface area (Å²) in [6, 6.07) is 13.1. The van der Waals surface area contributed by atoms with Gasteiger partial charge in [0.15, 0.2) is 5.70 Å². The lowest BCUT2D eigenvalue weighted by molar-refractivity contribution is -0.129. The normalized spacial score (nSPS) is 15.5. The molecule has 0 saturated heterocycles. The van der Waals surface area contributed by atoms with Gasteiger partial charge in [0, 0.05) is 19.2 Å². The van der Waals surface area contributed by atoms with E-state index in [1.165, 1.54) is 0 Å². The van der Waals surface area contributed by atoms with Gasteiger partial charge in [0.05, 0.1) is 7.11 Å². The summed E-state index contributed by atoms with van der Waals surface area (Å²) in [4.78, 5) is 16.4. The van der Waals surface area contributed by atoms with E-state index < -0.39 is 5.97 Å². The van der Waals surface area contributed by atoms with Crippen LogP contribution in [0.3, 0.4) is 0 Å². The number of hydrogen-bond donors (Lipinski definition) is 0. The number of carbonyl (C=O) groups is 1. The highest BCUT2D eigenvalue weighted by Crippen LogP contribution is 2.26. The van der Waals surface area contributed by atoms with Crippen molar-refractivity contribution in [2.75, 3.05) is 7.11 Å². The first-order chi connectivity index (χ1) is 11.1. The quantitative estimate of drug-likeness (QED) is 0.369. The van der Waals surface area contributed by atoms with Crippen LogP contribution in [0.5, 0.6) is 5.75 Å². The van der Waals surface area contributed by atoms with E-state index in [0.717, 1.165) is 19.2 Å². The number of carbonyl (C=O) groups excluding carboxylic acids is 1. The third-order valence-corrected chi connectivity index (χ3v) is 5.56. The van der Waals surface area contributed by atoms with E-state index in [4.69, 9.17) is 9.47 Å². The maximum atomic E-state index is 12.1. The number of para-hydroxylation sites is 1. The predicted molar refractivity (Wildman–Crippen MR) is 100 cm³/mol. The molecule has 6 heteroatoms. The van der Waals surface area contributed by atoms with Gasteiger partial charge in [-0.15, -0.1) is 0 Å². The summed E-state index contributed by atoms with van der Waals surface area (Å²) in [7, 11) is 1.59. The molecule has 1 aliphatic rings. The number of ether oxygens (including phenoxy) is 2. The number of rotatable bonds is 3. The Morgan fingerprint density at radius 1 is 1.26 bits per heavy atom. The topological polar surface area (TPSA) is 47.9 Å². The van der Waals surface area contributed by atoms with Crippen LogP contribution in [0.25, 0.3) is 6.08 Å². The molecule has 0 saturated carbocycles. The van der Waals surface area contributed by atoms with E-state index in [1.807, 2.05) is 42.5 Å². The number of esters is 1. The smallest absolute Gasteiger partial charge is 0.363 e. The molecule has 2 aromatic rings. The lowest BCUT2D eigenvalue weighted by Crippen LogP contribution is -2.05. The highest BCUT2D eigenvalue weighted by molar-refractivity contribution is 14.1. The van der Waals surface area contributed by atoms with Crippen LogP contribution in [-0.4, -0.2) is 19.0 Å². The van der Waals surface area contributed by atoms with Crippen molar-refractivity contribution in [2.24, 2.45) is 4.99 Å². The van der Waals surface area contributed by atoms with Gasteiger partial charge < -0.3 is 9.47 Å². The molecule has 0 spiro atoms. The van der Waals surface area contributed by atoms with Gasteiger partial charge in [0.25, 0.3) is 0 Å². The maximum Gasteiger partial charge on any atom is 0.363 e. The fraction of sp³-hybridized carbons (Fsp3) is 0.0588. The van der Waals surface area contributed by atoms with Gasteiger partial charge in [0.1, 0.15) is 5.75 Å². The van der Waals surface area contributed by atoms with Crippen LogP contribution in [0, 0.1) is 3.57 Å². The summed E-state index contributed by atoms with van der Waals surface area (Å²) < 4.78 is 12.6. The molecule has 2 aromatic carbocycles. The van der Waals surface area contributed by atoms with E-state index in [2.05, 4.69) is 43.5 Å². The molecule has 3 rings (SSSR count). The van der Waals surface area contributed by atoms with Gasteiger partial charge in [-0.1, -0.05) is 18.2 Å². The molecule has 23 heavy (non-hydrogen) atoms. The van der Waals surface area contributed by atoms with Crippen molar-refractivity contribution in [3.05, 3.63) is 67.3 Å². The Labute approximate surface area is 155 Å². The number of halogens is 2. The van der Waals surface area contributed by atoms with Crippen LogP contribution in [0.15, 0.2) is 57.6 Å². The summed E-state index contributed by atoms with van der Waals surface area (Å²) in [5.74, 6) is 0.502. The standard InChI is InChI=1S/C17H11BrINO3/c1-22-15-5-3-2-4-10(15)9-14-17(21)23-16(20-14)11-6-7-13(19)12(18)8-11/h2-9H,1H3/b14-9-. The lowest BCUT2D eigenvalue weighted by atomic mass is 10.1. The van der Waals surface area contributed by atoms with Crippen molar-refractivity contribution in [3.8, 4) is 5.75 Å². The first-order valence-electron chi connectivity index (χ1n) is 6.69. The van der Waals surface area contributed by atoms with Crippen molar-refractivity contribution in [2.45, 2.75) is 0 Å². The Kier molecular flexibility index (Phi) is 4.82. The number of cyclic esters (lactones) is 1. The van der Waals surface area contributed by atoms with E-state index in [0.29, 0.717) is 11.6 Å². The molecule has 116 valence electrons. The molecule has 0 aliphatic carbocycles. The van der Waals surface area contributed by atoms with Crippen LogP contribution >= 0.6 is 38.5 Å². The molecule has 4 nitrogen and oxygen atoms in total. The van der Waals surface area contributed by atoms with E-state index in [9.17, 15) is 4.79 Å². The van der Waals surface area contributed by atoms with Crippen LogP contribution in [0.4, 0.5) is 0 Å². The third-order valence-electron chi connectivity index (χ3n) is 3.22. The second-order valence-electron chi connectivity index (χ2n) is 4.71. The highest BCUT2D eigenvalue weighted by atomic mass is 127. The zero-order valence-corrected chi connectivity index (χ0v) is 15.8. The summed E-state index contributed by atoms with van der Waals surface area (Å²) in [6.07, 6.45) is 1.66. The van der Waals surface area contributed by atoms with Gasteiger partial charge in [0.2, 0.25) is 5.90 Å². The molecular formula is C17H11BrINO3. The van der Waals surface area contributed by atoms with Crippen molar-refractivity contribution >= 4 is 56.5 Å². The van der Waals surface area contributed by atoms with Gasteiger partial charge in [-0.25, -0.2) is 9.79 Å². The van der Waals surface area contributed by atoms with Crippen molar-refractivity contribution in [3.63, 3.8) is 0 Å². The van der Waals surface area contributed by atoms with Gasteiger partial charge >= 0.3 is 5.97 Å². The molecular weight excluding hydrogens is 473 g/mol. The van der Waals surface area contributed by atoms with Crippen LogP contribution < -0.4 is 4.74 Å². The van der Waals surface area contributed by atoms with Gasteiger partial charge in [-0.3, -0.25) is 0 Å². The van der Waals surface area contributed by atoms with Crippen molar-refractivity contribution in [1.29, 1.82) is 0 Å². The summed E-state index contributed by atoms with van der Waals surface area (Å²) in [5, 5.41) is 0. The molecule has 0 unspecified atom stereocenters. The van der Waals surface area contributed by atoms with E-state index in [-0.39, 0.29) is 5.70 Å². The summed E-state index contributed by atoms with van der Waals surface area (Å²) in [6.45, 7) is 0. The minimum absolute atomic E-state index is 0.249. The average molecular weight is 484 g/mol. The molecule has 1 heterocycles. The van der Waals surface area contributed by atoms with E-state index in [1.54, 1.807) is 13.2 Å². The van der Waals surface area contributed by atoms with Gasteiger partial charge in [-0.05, 0) is 68.9 Å². The van der Waals surface area contributed by atoms with Crippen LogP contribution in [0.1, 0.15) is 11.1 Å². The van der Waals surface area contributed by atoms with Crippen molar-refractivity contribution < 1.29 is 14.3 Å². The molecule has 0 fully saturated rings. The molecule has 0 bridgehead atoms. The average Bonchev–Trinajstić information content (AvgIpc) is 2.91. The number of methoxy groups -OCH3 is 1. The molecule has 0 radical (unpaired) electrons. The highest BCUT2D eigenvalue weighted by Gasteiger charge is 2.24. The minimum atomic E-state index is -0.472. The Morgan fingerprint density at radius 3 is 2.78 bits per heavy atom. The second kappa shape index (κ2) is 6.84. The number of benzene rings is 2. The molecule has 0 N–H and O–H groups in total. The molecule has 0 amide bonds. The third kappa shape index (κ3) is 3.48. The lowest BCUT2D eigenvalue weighted by Gasteiger charge is -2.03. The number of nitrogens with zero attached hydrogens (tertiary/aromatic N) is 1. The first-order valence-corrected chi connectivity index (χ1v) is 8.56. The molecule has 1 aliphatic heterocycles. The SMILES string of the molecule is COc1ccccc1/C=C1\N=C(c2ccc(I)c(Br)c2)OC1=O. The van der Waals surface area contributed by atoms with Crippen LogP contribution in [-0.2, 0) is 9.53 Å². The predicted octanol–water partition coefficient (Wildman–Crippen LogP) is 4.41. The second-order valence-corrected chi connectivity index (χ2v) is 6.72. The zero-order chi connectivity index (χ0) is 16.4. The number of aliphatic imine (C=N–C) groups is 1. The fourth-order valence-corrected chi connectivity index (χ4v) is 2.81. The zero-order valence-electron chi connectivity index (χ0n) is 12.0. The Morgan fingerprint density at radius 2 is 2.04 bits per heavy atom. The van der Waals surface area contributed by atoms with Gasteiger partial charge in [-0.2, -0.15) is 0 Å². The van der Waals surface area contributed by atoms with Crippen LogP contribution in [0.2, 0.25) is 0 Å². The largest absolute Gasteiger partial charge is 0.496 e. The van der Waals surface area contributed by atoms with Crippen molar-refractivity contribution in [1.82, 2.24) is 0 Å². The Bertz CT molecular complexity index is 845. The summed E-state index contributed by atoms with van der Waals surface area (Å²) in [5.41, 5.74) is 1.77. The Hall–Kier alpha value is -1.67. The monoisotopic (exact) mass is 483 g/mol. The fourth-order valence-electron chi connectivity index (χ4n) is 2.09. The molecule has 0 aromatic heterocycles. The number of hydrogen-bond acceptors (Lipinski definition) is 4. The Balaban J connectivity index is 1.98.